The van der Waals surface area contributed by atoms with Crippen LogP contribution in [0.15, 0.2) is 200 Å². The third kappa shape index (κ3) is 7.57. The molecular weight excluding hydrogens is 585 g/mol. The van der Waals surface area contributed by atoms with Gasteiger partial charge in [-0.15, -0.1) is 0 Å². The fourth-order valence-electron chi connectivity index (χ4n) is 5.91. The Kier molecular flexibility index (Phi) is 9.71. The van der Waals surface area contributed by atoms with Crippen molar-refractivity contribution in [3.8, 4) is 17.2 Å². The molecule has 0 N–H and O–H groups in total. The van der Waals surface area contributed by atoms with Gasteiger partial charge in [0.2, 0.25) is 0 Å². The van der Waals surface area contributed by atoms with Crippen LogP contribution in [0, 0.1) is 0 Å². The topological polar surface area (TPSA) is 27.7 Å². The molecule has 228 valence electrons. The lowest BCUT2D eigenvalue weighted by Crippen LogP contribution is -2.48. The zero-order valence-electron chi connectivity index (χ0n) is 26.5. The summed E-state index contributed by atoms with van der Waals surface area (Å²) < 4.78 is 20.7. The van der Waals surface area contributed by atoms with Crippen LogP contribution in [0.2, 0.25) is 0 Å². The lowest BCUT2D eigenvalue weighted by atomic mass is 9.55. The van der Waals surface area contributed by atoms with Gasteiger partial charge in [0.15, 0.2) is 0 Å². The molecule has 7 rings (SSSR count). The predicted molar refractivity (Wildman–Crippen MR) is 202 cm³/mol. The molecule has 0 fully saturated rings. The van der Waals surface area contributed by atoms with E-state index in [1.165, 1.54) is 0 Å². The molecule has 0 spiro atoms. The monoisotopic (exact) mass is 618 g/mol. The standard InChI is InChI=1S/C42H33B3O3/c1-7-19-34(20-8-1)43(35-21-9-2-10-22-35)46-40-31-41(47-44(36-23-11-3-12-24-36)37-25-13-4-14-26-37)33-42(32-40)48-45(38-27-15-5-16-28-38)39-29-17-6-18-30-39/h1-33H. The van der Waals surface area contributed by atoms with Crippen LogP contribution in [0.3, 0.4) is 0 Å². The lowest BCUT2D eigenvalue weighted by Gasteiger charge is -2.22. The van der Waals surface area contributed by atoms with Crippen molar-refractivity contribution in [3.63, 3.8) is 0 Å². The van der Waals surface area contributed by atoms with Crippen LogP contribution in [0.1, 0.15) is 0 Å². The highest BCUT2D eigenvalue weighted by Gasteiger charge is 2.28. The Hall–Kier alpha value is -5.87. The Balaban J connectivity index is 1.32. The molecule has 3 nitrogen and oxygen atoms in total. The fourth-order valence-corrected chi connectivity index (χ4v) is 5.91. The van der Waals surface area contributed by atoms with E-state index >= 15 is 0 Å². The molecule has 0 amide bonds. The molecular formula is C42H33B3O3. The molecule has 0 bridgehead atoms. The molecule has 0 saturated carbocycles. The molecule has 0 aliphatic rings. The van der Waals surface area contributed by atoms with E-state index in [2.05, 4.69) is 72.8 Å². The number of rotatable bonds is 12. The maximum absolute atomic E-state index is 6.89. The van der Waals surface area contributed by atoms with E-state index in [1.807, 2.05) is 127 Å². The van der Waals surface area contributed by atoms with Crippen LogP contribution < -0.4 is 46.7 Å². The van der Waals surface area contributed by atoms with Gasteiger partial charge in [-0.25, -0.2) is 0 Å². The quantitative estimate of drug-likeness (QED) is 0.176. The molecule has 7 aromatic carbocycles. The van der Waals surface area contributed by atoms with Gasteiger partial charge in [0.1, 0.15) is 17.2 Å². The summed E-state index contributed by atoms with van der Waals surface area (Å²) in [7, 11) is 0. The first-order valence-corrected chi connectivity index (χ1v) is 16.2. The summed E-state index contributed by atoms with van der Waals surface area (Å²) in [6, 6.07) is 67.6. The van der Waals surface area contributed by atoms with Crippen molar-refractivity contribution in [1.82, 2.24) is 0 Å². The van der Waals surface area contributed by atoms with Gasteiger partial charge in [-0.3, -0.25) is 0 Å². The van der Waals surface area contributed by atoms with E-state index in [9.17, 15) is 0 Å². The van der Waals surface area contributed by atoms with E-state index in [-0.39, 0.29) is 20.7 Å². The van der Waals surface area contributed by atoms with Crippen LogP contribution in [-0.4, -0.2) is 20.7 Å². The predicted octanol–water partition coefficient (Wildman–Crippen LogP) is 5.24. The van der Waals surface area contributed by atoms with Gasteiger partial charge in [-0.05, 0) is 32.8 Å². The van der Waals surface area contributed by atoms with E-state index in [1.54, 1.807) is 0 Å². The zero-order chi connectivity index (χ0) is 32.4. The summed E-state index contributed by atoms with van der Waals surface area (Å²) in [6.45, 7) is -1.02. The van der Waals surface area contributed by atoms with Gasteiger partial charge < -0.3 is 14.0 Å². The Labute approximate surface area is 284 Å². The number of hydrogen-bond donors (Lipinski definition) is 0. The van der Waals surface area contributed by atoms with Crippen molar-refractivity contribution >= 4 is 53.5 Å². The van der Waals surface area contributed by atoms with Crippen molar-refractivity contribution in [2.45, 2.75) is 0 Å². The van der Waals surface area contributed by atoms with Crippen LogP contribution in [0.4, 0.5) is 0 Å². The summed E-state index contributed by atoms with van der Waals surface area (Å²) in [5.41, 5.74) is 6.31. The van der Waals surface area contributed by atoms with Gasteiger partial charge in [0.25, 0.3) is 0 Å². The van der Waals surface area contributed by atoms with E-state index < -0.39 is 0 Å². The van der Waals surface area contributed by atoms with E-state index in [0.717, 1.165) is 32.8 Å². The minimum absolute atomic E-state index is 0.339. The summed E-state index contributed by atoms with van der Waals surface area (Å²) in [4.78, 5) is 0. The third-order valence-corrected chi connectivity index (χ3v) is 8.23. The highest BCUT2D eigenvalue weighted by molar-refractivity contribution is 6.81. The first kappa shape index (κ1) is 30.8. The zero-order valence-corrected chi connectivity index (χ0v) is 26.5. The average Bonchev–Trinajstić information content (AvgIpc) is 3.17. The molecule has 48 heavy (non-hydrogen) atoms. The SMILES string of the molecule is c1ccc(B(Oc2cc(OB(c3ccccc3)c3ccccc3)cc(OB(c3ccccc3)c3ccccc3)c2)c2ccccc2)cc1. The molecule has 7 aromatic rings. The van der Waals surface area contributed by atoms with Gasteiger partial charge in [-0.2, -0.15) is 0 Å². The molecule has 0 aliphatic carbocycles. The average molecular weight is 618 g/mol. The second kappa shape index (κ2) is 15.1. The van der Waals surface area contributed by atoms with Crippen molar-refractivity contribution in [3.05, 3.63) is 200 Å². The highest BCUT2D eigenvalue weighted by Crippen LogP contribution is 2.29. The van der Waals surface area contributed by atoms with Crippen LogP contribution in [0.5, 0.6) is 17.2 Å². The van der Waals surface area contributed by atoms with Gasteiger partial charge in [0.05, 0.1) is 0 Å². The van der Waals surface area contributed by atoms with Gasteiger partial charge in [0, 0.05) is 18.2 Å². The minimum Gasteiger partial charge on any atom is -0.551 e. The van der Waals surface area contributed by atoms with Crippen LogP contribution in [0.25, 0.3) is 0 Å². The highest BCUT2D eigenvalue weighted by atomic mass is 16.5. The molecule has 0 radical (unpaired) electrons. The summed E-state index contributed by atoms with van der Waals surface area (Å²) in [5.74, 6) is 1.92. The lowest BCUT2D eigenvalue weighted by molar-refractivity contribution is 0.540. The third-order valence-electron chi connectivity index (χ3n) is 8.23. The Morgan fingerprint density at radius 3 is 0.562 bits per heavy atom. The summed E-state index contributed by atoms with van der Waals surface area (Å²) in [6.07, 6.45) is 0. The molecule has 0 heterocycles. The van der Waals surface area contributed by atoms with E-state index in [4.69, 9.17) is 14.0 Å². The van der Waals surface area contributed by atoms with Crippen molar-refractivity contribution in [2.75, 3.05) is 0 Å². The Morgan fingerprint density at radius 1 is 0.229 bits per heavy atom. The van der Waals surface area contributed by atoms with Crippen molar-refractivity contribution in [2.24, 2.45) is 0 Å². The smallest absolute Gasteiger partial charge is 0.426 e. The van der Waals surface area contributed by atoms with Crippen LogP contribution in [-0.2, 0) is 0 Å². The van der Waals surface area contributed by atoms with E-state index in [0.29, 0.717) is 17.2 Å². The summed E-state index contributed by atoms with van der Waals surface area (Å²) >= 11 is 0. The maximum atomic E-state index is 6.89. The molecule has 0 aromatic heterocycles. The minimum atomic E-state index is -0.339. The first-order chi connectivity index (χ1) is 23.8. The second-order valence-corrected chi connectivity index (χ2v) is 11.6. The Morgan fingerprint density at radius 2 is 0.396 bits per heavy atom. The second-order valence-electron chi connectivity index (χ2n) is 11.6. The van der Waals surface area contributed by atoms with Gasteiger partial charge in [-0.1, -0.05) is 182 Å². The first-order valence-electron chi connectivity index (χ1n) is 16.2. The normalized spacial score (nSPS) is 10.5. The summed E-state index contributed by atoms with van der Waals surface area (Å²) in [5, 5.41) is 0. The Bertz CT molecular complexity index is 1630. The molecule has 0 unspecified atom stereocenters. The largest absolute Gasteiger partial charge is 0.551 e. The number of hydrogen-bond acceptors (Lipinski definition) is 3. The molecule has 0 saturated heterocycles. The molecule has 0 atom stereocenters. The fraction of sp³-hybridized carbons (Fsp3) is 0. The maximum Gasteiger partial charge on any atom is 0.426 e. The van der Waals surface area contributed by atoms with Crippen molar-refractivity contribution < 1.29 is 14.0 Å². The van der Waals surface area contributed by atoms with Gasteiger partial charge >= 0.3 is 20.7 Å². The van der Waals surface area contributed by atoms with Crippen LogP contribution >= 0.6 is 0 Å². The van der Waals surface area contributed by atoms with Crippen molar-refractivity contribution in [1.29, 1.82) is 0 Å². The molecule has 6 heteroatoms. The molecule has 0 aliphatic heterocycles. The number of benzene rings is 7.